The van der Waals surface area contributed by atoms with Crippen molar-refractivity contribution in [2.75, 3.05) is 50.6 Å². The summed E-state index contributed by atoms with van der Waals surface area (Å²) in [4.78, 5) is 23.4. The summed E-state index contributed by atoms with van der Waals surface area (Å²) in [5, 5.41) is 10.4. The van der Waals surface area contributed by atoms with Crippen LogP contribution in [0.1, 0.15) is 61.3 Å². The van der Waals surface area contributed by atoms with E-state index in [2.05, 4.69) is 37.5 Å². The number of nitrogens with one attached hydrogen (secondary N) is 2. The van der Waals surface area contributed by atoms with Crippen LogP contribution in [-0.2, 0) is 29.5 Å². The maximum Gasteiger partial charge on any atom is 0.475 e. The van der Waals surface area contributed by atoms with Crippen molar-refractivity contribution in [3.05, 3.63) is 60.7 Å². The van der Waals surface area contributed by atoms with Crippen LogP contribution in [0.5, 0.6) is 11.5 Å². The summed E-state index contributed by atoms with van der Waals surface area (Å²) in [7, 11) is -2.25. The van der Waals surface area contributed by atoms with Crippen molar-refractivity contribution in [2.45, 2.75) is 79.1 Å². The fourth-order valence-corrected chi connectivity index (χ4v) is 6.96. The molecule has 2 aromatic heterocycles. The van der Waals surface area contributed by atoms with E-state index in [9.17, 15) is 18.1 Å². The molecular weight excluding hydrogens is 711 g/mol. The molecule has 2 N–H and O–H groups in total. The van der Waals surface area contributed by atoms with Gasteiger partial charge >= 0.3 is 7.82 Å². The second-order valence-electron chi connectivity index (χ2n) is 14.2. The van der Waals surface area contributed by atoms with Crippen LogP contribution in [0.2, 0.25) is 0 Å². The van der Waals surface area contributed by atoms with Crippen molar-refractivity contribution in [3.63, 3.8) is 0 Å². The van der Waals surface area contributed by atoms with Crippen molar-refractivity contribution in [2.24, 2.45) is 0 Å². The summed E-state index contributed by atoms with van der Waals surface area (Å²) in [5.41, 5.74) is -0.543. The molecule has 0 saturated heterocycles. The molecular formula is C36H50F2N7O7P. The monoisotopic (exact) mass is 761 g/mol. The Morgan fingerprint density at radius 1 is 0.981 bits per heavy atom. The number of rotatable bonds is 19. The van der Waals surface area contributed by atoms with Crippen LogP contribution in [-0.4, -0.2) is 81.7 Å². The van der Waals surface area contributed by atoms with Crippen molar-refractivity contribution < 1.29 is 41.2 Å². The van der Waals surface area contributed by atoms with Gasteiger partial charge in [0, 0.05) is 30.7 Å². The zero-order chi connectivity index (χ0) is 38.8. The van der Waals surface area contributed by atoms with E-state index >= 15 is 0 Å². The maximum atomic E-state index is 14.0. The lowest BCUT2D eigenvalue weighted by Crippen LogP contribution is -2.31. The third-order valence-corrected chi connectivity index (χ3v) is 9.23. The number of fused-ring (bicyclic) bond motifs is 1. The quantitative estimate of drug-likeness (QED) is 0.0711. The Labute approximate surface area is 309 Å². The SMILES string of the molecule is CCCN(CCCOc1cc2ncnc(Nc3cnn(CC(=O)Nc4cccc(F)c4F)c3)c2cc1OC)CCOP(=O)(OC(C)(C)C)OC(C)(C)C. The Hall–Kier alpha value is -4.21. The molecule has 53 heavy (non-hydrogen) atoms. The molecule has 0 saturated carbocycles. The number of methoxy groups -OCH3 is 1. The third-order valence-electron chi connectivity index (χ3n) is 7.19. The lowest BCUT2D eigenvalue weighted by molar-refractivity contribution is -0.116. The number of phosphoric ester groups is 1. The summed E-state index contributed by atoms with van der Waals surface area (Å²) in [6.07, 6.45) is 6.12. The van der Waals surface area contributed by atoms with Gasteiger partial charge in [-0.25, -0.2) is 23.3 Å². The lowest BCUT2D eigenvalue weighted by atomic mass is 10.2. The molecule has 2 heterocycles. The number of anilines is 3. The topological polar surface area (TPSA) is 151 Å². The smallest absolute Gasteiger partial charge is 0.475 e. The molecule has 14 nitrogen and oxygen atoms in total. The Morgan fingerprint density at radius 2 is 1.72 bits per heavy atom. The molecule has 0 spiro atoms. The summed E-state index contributed by atoms with van der Waals surface area (Å²) in [6, 6.07) is 7.10. The van der Waals surface area contributed by atoms with Gasteiger partial charge < -0.3 is 25.0 Å². The Balaban J connectivity index is 1.33. The molecule has 4 aromatic rings. The highest BCUT2D eigenvalue weighted by Crippen LogP contribution is 2.55. The fourth-order valence-electron chi connectivity index (χ4n) is 5.17. The first-order valence-corrected chi connectivity index (χ1v) is 18.8. The molecule has 0 aliphatic rings. The first kappa shape index (κ1) is 41.5. The third kappa shape index (κ3) is 13.0. The number of carbonyl (C=O) groups excluding carboxylic acids is 1. The minimum absolute atomic E-state index is 0.173. The molecule has 17 heteroatoms. The fraction of sp³-hybridized carbons (Fsp3) is 0.500. The van der Waals surface area contributed by atoms with Crippen LogP contribution < -0.4 is 20.1 Å². The normalized spacial score (nSPS) is 12.4. The molecule has 0 radical (unpaired) electrons. The van der Waals surface area contributed by atoms with Crippen molar-refractivity contribution in [1.82, 2.24) is 24.6 Å². The van der Waals surface area contributed by atoms with E-state index in [-0.39, 0.29) is 18.8 Å². The van der Waals surface area contributed by atoms with Gasteiger partial charge in [-0.3, -0.25) is 23.0 Å². The lowest BCUT2D eigenvalue weighted by Gasteiger charge is -2.31. The molecule has 0 atom stereocenters. The van der Waals surface area contributed by atoms with Crippen molar-refractivity contribution >= 4 is 41.8 Å². The van der Waals surface area contributed by atoms with E-state index in [0.29, 0.717) is 60.0 Å². The number of hydrogen-bond donors (Lipinski definition) is 2. The number of aromatic nitrogens is 4. The van der Waals surface area contributed by atoms with E-state index in [4.69, 9.17) is 23.0 Å². The molecule has 0 unspecified atom stereocenters. The molecule has 1 amide bonds. The van der Waals surface area contributed by atoms with Gasteiger partial charge in [0.2, 0.25) is 5.91 Å². The number of amides is 1. The van der Waals surface area contributed by atoms with Gasteiger partial charge in [-0.1, -0.05) is 13.0 Å². The second kappa shape index (κ2) is 18.2. The average Bonchev–Trinajstić information content (AvgIpc) is 3.49. The first-order chi connectivity index (χ1) is 25.0. The maximum absolute atomic E-state index is 14.0. The highest BCUT2D eigenvalue weighted by molar-refractivity contribution is 7.48. The van der Waals surface area contributed by atoms with Crippen LogP contribution in [0, 0.1) is 11.6 Å². The Bertz CT molecular complexity index is 1860. The van der Waals surface area contributed by atoms with E-state index in [1.807, 2.05) is 0 Å². The van der Waals surface area contributed by atoms with E-state index < -0.39 is 36.6 Å². The van der Waals surface area contributed by atoms with Crippen molar-refractivity contribution in [3.8, 4) is 11.5 Å². The molecule has 290 valence electrons. The minimum atomic E-state index is -3.80. The molecule has 4 rings (SSSR count). The summed E-state index contributed by atoms with van der Waals surface area (Å²) >= 11 is 0. The molecule has 0 aliphatic carbocycles. The second-order valence-corrected chi connectivity index (χ2v) is 15.7. The Kier molecular flexibility index (Phi) is 14.3. The summed E-state index contributed by atoms with van der Waals surface area (Å²) < 4.78 is 71.2. The van der Waals surface area contributed by atoms with Crippen LogP contribution in [0.25, 0.3) is 10.9 Å². The van der Waals surface area contributed by atoms with Gasteiger partial charge in [0.05, 0.1) is 54.6 Å². The minimum Gasteiger partial charge on any atom is -0.493 e. The van der Waals surface area contributed by atoms with Gasteiger partial charge in [0.1, 0.15) is 18.7 Å². The predicted octanol–water partition coefficient (Wildman–Crippen LogP) is 7.73. The van der Waals surface area contributed by atoms with E-state index in [1.165, 1.54) is 29.3 Å². The number of benzene rings is 2. The molecule has 0 aliphatic heterocycles. The van der Waals surface area contributed by atoms with Gasteiger partial charge in [-0.2, -0.15) is 5.10 Å². The molecule has 2 aromatic carbocycles. The molecule has 0 fully saturated rings. The van der Waals surface area contributed by atoms with E-state index in [1.54, 1.807) is 67.0 Å². The Morgan fingerprint density at radius 3 is 2.40 bits per heavy atom. The van der Waals surface area contributed by atoms with Gasteiger partial charge in [0.15, 0.2) is 23.1 Å². The summed E-state index contributed by atoms with van der Waals surface area (Å²) in [6.45, 7) is 15.3. The standard InChI is InChI=1S/C36H50F2N7O7P/c1-9-14-44(16-18-50-53(47,51-35(2,3)4)52-36(5,6)7)15-11-17-49-31-20-29-26(19-30(31)48-8)34(40-24-39-29)42-25-21-41-45(22-25)23-32(46)43-28-13-10-12-27(37)33(28)38/h10,12-13,19-22,24H,9,11,14-18,23H2,1-8H3,(H,43,46)(H,39,40,42). The first-order valence-electron chi connectivity index (χ1n) is 17.3. The highest BCUT2D eigenvalue weighted by Gasteiger charge is 2.37. The van der Waals surface area contributed by atoms with Crippen LogP contribution >= 0.6 is 7.82 Å². The number of phosphoric acid groups is 1. The van der Waals surface area contributed by atoms with Crippen LogP contribution in [0.3, 0.4) is 0 Å². The zero-order valence-corrected chi connectivity index (χ0v) is 32.5. The van der Waals surface area contributed by atoms with Gasteiger partial charge in [-0.05, 0) is 79.1 Å². The number of nitrogens with zero attached hydrogens (tertiary/aromatic N) is 5. The van der Waals surface area contributed by atoms with Crippen LogP contribution in [0.15, 0.2) is 49.1 Å². The number of ether oxygens (including phenoxy) is 2. The average molecular weight is 762 g/mol. The largest absolute Gasteiger partial charge is 0.493 e. The molecule has 0 bridgehead atoms. The summed E-state index contributed by atoms with van der Waals surface area (Å²) in [5.74, 6) is -1.31. The van der Waals surface area contributed by atoms with Crippen LogP contribution in [0.4, 0.5) is 26.0 Å². The highest BCUT2D eigenvalue weighted by atomic mass is 31.2. The van der Waals surface area contributed by atoms with E-state index in [0.717, 1.165) is 19.0 Å². The van der Waals surface area contributed by atoms with Crippen molar-refractivity contribution in [1.29, 1.82) is 0 Å². The number of halogens is 2. The zero-order valence-electron chi connectivity index (χ0n) is 31.6. The van der Waals surface area contributed by atoms with Gasteiger partial charge in [-0.15, -0.1) is 0 Å². The van der Waals surface area contributed by atoms with Gasteiger partial charge in [0.25, 0.3) is 0 Å². The number of carbonyl (C=O) groups is 1. The predicted molar refractivity (Wildman–Crippen MR) is 199 cm³/mol. The number of hydrogen-bond acceptors (Lipinski definition) is 12.